The fourth-order valence-corrected chi connectivity index (χ4v) is 2.20. The molecule has 0 aliphatic carbocycles. The maximum Gasteiger partial charge on any atom is 0.225 e. The number of halogens is 2. The van der Waals surface area contributed by atoms with Crippen molar-refractivity contribution in [3.8, 4) is 0 Å². The lowest BCUT2D eigenvalue weighted by atomic mass is 9.96. The molecule has 0 aliphatic rings. The number of anilines is 1. The van der Waals surface area contributed by atoms with E-state index >= 15 is 0 Å². The third-order valence-corrected chi connectivity index (χ3v) is 3.42. The van der Waals surface area contributed by atoms with Gasteiger partial charge in [-0.2, -0.15) is 0 Å². The summed E-state index contributed by atoms with van der Waals surface area (Å²) >= 11 is 12.0. The van der Waals surface area contributed by atoms with Gasteiger partial charge in [0, 0.05) is 30.5 Å². The molecule has 1 aromatic carbocycles. The summed E-state index contributed by atoms with van der Waals surface area (Å²) in [4.78, 5) is 25.1. The first-order valence-electron chi connectivity index (χ1n) is 6.64. The molecule has 0 heterocycles. The molecule has 1 rings (SSSR count). The molecule has 1 aromatic rings. The molecule has 1 N–H and O–H groups in total. The van der Waals surface area contributed by atoms with Crippen molar-refractivity contribution >= 4 is 40.7 Å². The highest BCUT2D eigenvalue weighted by Crippen LogP contribution is 2.28. The Bertz CT molecular complexity index is 539. The minimum absolute atomic E-state index is 0.0618. The SMILES string of the molecule is CC(=O)N(CCNC(=O)C(C)(C)C)c1ccc(Cl)cc1Cl. The lowest BCUT2D eigenvalue weighted by molar-refractivity contribution is -0.128. The van der Waals surface area contributed by atoms with Gasteiger partial charge in [-0.15, -0.1) is 0 Å². The zero-order chi connectivity index (χ0) is 16.2. The number of hydrogen-bond donors (Lipinski definition) is 1. The van der Waals surface area contributed by atoms with Crippen molar-refractivity contribution in [3.63, 3.8) is 0 Å². The Morgan fingerprint density at radius 2 is 1.86 bits per heavy atom. The summed E-state index contributed by atoms with van der Waals surface area (Å²) in [7, 11) is 0. The van der Waals surface area contributed by atoms with Crippen molar-refractivity contribution in [2.75, 3.05) is 18.0 Å². The predicted molar refractivity (Wildman–Crippen MR) is 87.0 cm³/mol. The van der Waals surface area contributed by atoms with Crippen LogP contribution in [0.25, 0.3) is 0 Å². The molecule has 0 bridgehead atoms. The summed E-state index contributed by atoms with van der Waals surface area (Å²) in [5, 5.41) is 3.72. The summed E-state index contributed by atoms with van der Waals surface area (Å²) in [5.74, 6) is -0.211. The van der Waals surface area contributed by atoms with Crippen LogP contribution in [0.5, 0.6) is 0 Å². The number of nitrogens with zero attached hydrogens (tertiary/aromatic N) is 1. The Morgan fingerprint density at radius 1 is 1.24 bits per heavy atom. The van der Waals surface area contributed by atoms with Crippen LogP contribution in [0.2, 0.25) is 10.0 Å². The summed E-state index contributed by atoms with van der Waals surface area (Å²) in [6, 6.07) is 4.95. The summed E-state index contributed by atoms with van der Waals surface area (Å²) in [6.07, 6.45) is 0. The fraction of sp³-hybridized carbons (Fsp3) is 0.467. The van der Waals surface area contributed by atoms with Crippen molar-refractivity contribution in [1.29, 1.82) is 0 Å². The number of rotatable bonds is 4. The molecular formula is C15H20Cl2N2O2. The molecular weight excluding hydrogens is 311 g/mol. The summed E-state index contributed by atoms with van der Waals surface area (Å²) in [5.41, 5.74) is 0.123. The number of nitrogens with one attached hydrogen (secondary N) is 1. The van der Waals surface area contributed by atoms with Crippen molar-refractivity contribution in [3.05, 3.63) is 28.2 Å². The normalized spacial score (nSPS) is 11.1. The standard InChI is InChI=1S/C15H20Cl2N2O2/c1-10(20)19(8-7-18-14(21)15(2,3)4)13-6-5-11(16)9-12(13)17/h5-6,9H,7-8H2,1-4H3,(H,18,21). The van der Waals surface area contributed by atoms with E-state index in [1.807, 2.05) is 20.8 Å². The van der Waals surface area contributed by atoms with E-state index in [2.05, 4.69) is 5.32 Å². The van der Waals surface area contributed by atoms with E-state index in [1.54, 1.807) is 18.2 Å². The Kier molecular flexibility index (Phi) is 6.05. The van der Waals surface area contributed by atoms with Gasteiger partial charge < -0.3 is 10.2 Å². The summed E-state index contributed by atoms with van der Waals surface area (Å²) in [6.45, 7) is 7.66. The quantitative estimate of drug-likeness (QED) is 0.918. The average Bonchev–Trinajstić information content (AvgIpc) is 2.34. The van der Waals surface area contributed by atoms with Gasteiger partial charge in [-0.25, -0.2) is 0 Å². The number of benzene rings is 1. The first-order chi connectivity index (χ1) is 9.62. The molecule has 0 fully saturated rings. The molecule has 116 valence electrons. The third kappa shape index (κ3) is 5.21. The molecule has 0 unspecified atom stereocenters. The molecule has 2 amide bonds. The largest absolute Gasteiger partial charge is 0.354 e. The minimum atomic E-state index is -0.459. The number of carbonyl (C=O) groups is 2. The van der Waals surface area contributed by atoms with Crippen molar-refractivity contribution in [2.45, 2.75) is 27.7 Å². The lowest BCUT2D eigenvalue weighted by Gasteiger charge is -2.24. The van der Waals surface area contributed by atoms with E-state index in [4.69, 9.17) is 23.2 Å². The average molecular weight is 331 g/mol. The van der Waals surface area contributed by atoms with E-state index in [0.29, 0.717) is 28.8 Å². The summed E-state index contributed by atoms with van der Waals surface area (Å²) < 4.78 is 0. The van der Waals surface area contributed by atoms with E-state index in [9.17, 15) is 9.59 Å². The maximum atomic E-state index is 11.8. The molecule has 0 radical (unpaired) electrons. The van der Waals surface area contributed by atoms with Crippen molar-refractivity contribution in [1.82, 2.24) is 5.32 Å². The highest BCUT2D eigenvalue weighted by Gasteiger charge is 2.21. The molecule has 6 heteroatoms. The zero-order valence-electron chi connectivity index (χ0n) is 12.7. The van der Waals surface area contributed by atoms with Crippen LogP contribution in [0.3, 0.4) is 0 Å². The molecule has 21 heavy (non-hydrogen) atoms. The second-order valence-electron chi connectivity index (χ2n) is 5.77. The maximum absolute atomic E-state index is 11.8. The van der Waals surface area contributed by atoms with Gasteiger partial charge in [0.15, 0.2) is 0 Å². The third-order valence-electron chi connectivity index (χ3n) is 2.88. The Labute approximate surface area is 135 Å². The highest BCUT2D eigenvalue weighted by atomic mass is 35.5. The first-order valence-corrected chi connectivity index (χ1v) is 7.40. The Hall–Kier alpha value is -1.26. The second-order valence-corrected chi connectivity index (χ2v) is 6.62. The monoisotopic (exact) mass is 330 g/mol. The fourth-order valence-electron chi connectivity index (χ4n) is 1.69. The predicted octanol–water partition coefficient (Wildman–Crippen LogP) is 3.51. The molecule has 0 spiro atoms. The number of hydrogen-bond acceptors (Lipinski definition) is 2. The Balaban J connectivity index is 2.76. The van der Waals surface area contributed by atoms with Gasteiger partial charge in [-0.3, -0.25) is 9.59 Å². The van der Waals surface area contributed by atoms with Crippen LogP contribution in [-0.4, -0.2) is 24.9 Å². The molecule has 0 saturated carbocycles. The van der Waals surface area contributed by atoms with Crippen LogP contribution in [0.15, 0.2) is 18.2 Å². The topological polar surface area (TPSA) is 49.4 Å². The molecule has 0 atom stereocenters. The highest BCUT2D eigenvalue weighted by molar-refractivity contribution is 6.36. The van der Waals surface area contributed by atoms with E-state index in [1.165, 1.54) is 11.8 Å². The smallest absolute Gasteiger partial charge is 0.225 e. The molecule has 0 aliphatic heterocycles. The van der Waals surface area contributed by atoms with Gasteiger partial charge in [-0.1, -0.05) is 44.0 Å². The van der Waals surface area contributed by atoms with Crippen LogP contribution in [0.4, 0.5) is 5.69 Å². The van der Waals surface area contributed by atoms with Crippen molar-refractivity contribution < 1.29 is 9.59 Å². The zero-order valence-corrected chi connectivity index (χ0v) is 14.2. The van der Waals surface area contributed by atoms with Gasteiger partial charge in [0.1, 0.15) is 0 Å². The number of amides is 2. The molecule has 0 aromatic heterocycles. The first kappa shape index (κ1) is 17.8. The molecule has 0 saturated heterocycles. The van der Waals surface area contributed by atoms with E-state index < -0.39 is 5.41 Å². The minimum Gasteiger partial charge on any atom is -0.354 e. The van der Waals surface area contributed by atoms with E-state index in [-0.39, 0.29) is 11.8 Å². The van der Waals surface area contributed by atoms with Gasteiger partial charge in [0.25, 0.3) is 0 Å². The van der Waals surface area contributed by atoms with Crippen LogP contribution in [0.1, 0.15) is 27.7 Å². The van der Waals surface area contributed by atoms with Crippen LogP contribution < -0.4 is 10.2 Å². The Morgan fingerprint density at radius 3 is 2.33 bits per heavy atom. The number of carbonyl (C=O) groups excluding carboxylic acids is 2. The van der Waals surface area contributed by atoms with Crippen LogP contribution in [-0.2, 0) is 9.59 Å². The van der Waals surface area contributed by atoms with Crippen LogP contribution in [0, 0.1) is 5.41 Å². The second kappa shape index (κ2) is 7.14. The van der Waals surface area contributed by atoms with Crippen molar-refractivity contribution in [2.24, 2.45) is 5.41 Å². The van der Waals surface area contributed by atoms with Gasteiger partial charge in [-0.05, 0) is 18.2 Å². The van der Waals surface area contributed by atoms with Crippen LogP contribution >= 0.6 is 23.2 Å². The molecule has 4 nitrogen and oxygen atoms in total. The van der Waals surface area contributed by atoms with E-state index in [0.717, 1.165) is 0 Å². The lowest BCUT2D eigenvalue weighted by Crippen LogP contribution is -2.41. The van der Waals surface area contributed by atoms with Gasteiger partial charge in [0.05, 0.1) is 10.7 Å². The van der Waals surface area contributed by atoms with Gasteiger partial charge >= 0.3 is 0 Å². The van der Waals surface area contributed by atoms with Gasteiger partial charge in [0.2, 0.25) is 11.8 Å².